The van der Waals surface area contributed by atoms with Crippen LogP contribution in [0.3, 0.4) is 0 Å². The molecule has 26 heavy (non-hydrogen) atoms. The Balaban J connectivity index is 1.32. The summed E-state index contributed by atoms with van der Waals surface area (Å²) in [4.78, 5) is 0. The molecule has 3 aliphatic rings. The Labute approximate surface area is 153 Å². The van der Waals surface area contributed by atoms with E-state index < -0.39 is 6.10 Å². The van der Waals surface area contributed by atoms with Gasteiger partial charge in [-0.2, -0.15) is 5.26 Å². The zero-order valence-electron chi connectivity index (χ0n) is 14.5. The van der Waals surface area contributed by atoms with Gasteiger partial charge in [0.1, 0.15) is 11.5 Å². The molecule has 4 nitrogen and oxygen atoms in total. The Bertz CT molecular complexity index is 829. The molecule has 2 saturated carbocycles. The van der Waals surface area contributed by atoms with Crippen LogP contribution in [0.5, 0.6) is 11.5 Å². The molecule has 1 unspecified atom stereocenters. The van der Waals surface area contributed by atoms with E-state index in [1.165, 1.54) is 19.3 Å². The molecular formula is C22H21NO3. The minimum absolute atomic E-state index is 0.249. The van der Waals surface area contributed by atoms with Crippen LogP contribution in [-0.2, 0) is 9.47 Å². The lowest BCUT2D eigenvalue weighted by molar-refractivity contribution is -0.162. The van der Waals surface area contributed by atoms with Crippen LogP contribution in [0.4, 0.5) is 0 Å². The van der Waals surface area contributed by atoms with Crippen molar-refractivity contribution in [2.24, 2.45) is 17.8 Å². The molecule has 132 valence electrons. The molecule has 6 atom stereocenters. The first-order valence-corrected chi connectivity index (χ1v) is 9.33. The van der Waals surface area contributed by atoms with Crippen molar-refractivity contribution in [2.75, 3.05) is 0 Å². The number of nitriles is 1. The van der Waals surface area contributed by atoms with Crippen molar-refractivity contribution >= 4 is 0 Å². The SMILES string of the molecule is N#CC(O[C@H]1O[C@H]2C[C@H]3C[C@H]1[C@@H]2C3)c1cccc(Oc2ccccc2)c1. The molecule has 0 aromatic heterocycles. The lowest BCUT2D eigenvalue weighted by atomic mass is 9.89. The minimum atomic E-state index is -0.643. The van der Waals surface area contributed by atoms with Gasteiger partial charge in [-0.25, -0.2) is 0 Å². The van der Waals surface area contributed by atoms with Crippen molar-refractivity contribution in [1.82, 2.24) is 0 Å². The van der Waals surface area contributed by atoms with E-state index in [-0.39, 0.29) is 6.29 Å². The van der Waals surface area contributed by atoms with Crippen LogP contribution in [0.25, 0.3) is 0 Å². The van der Waals surface area contributed by atoms with E-state index in [9.17, 15) is 5.26 Å². The maximum atomic E-state index is 9.67. The molecule has 0 amide bonds. The maximum absolute atomic E-state index is 9.67. The number of hydrogen-bond donors (Lipinski definition) is 0. The highest BCUT2D eigenvalue weighted by Gasteiger charge is 2.56. The molecule has 2 aliphatic carbocycles. The summed E-state index contributed by atoms with van der Waals surface area (Å²) >= 11 is 0. The van der Waals surface area contributed by atoms with Gasteiger partial charge in [0.2, 0.25) is 0 Å². The monoisotopic (exact) mass is 347 g/mol. The third kappa shape index (κ3) is 2.78. The standard InChI is InChI=1S/C22H21NO3/c23-13-21(26-22-19-10-14-9-18(19)20(11-14)25-22)15-5-4-8-17(12-15)24-16-6-2-1-3-7-16/h1-8,12,14,18-22H,9-11H2/t14-,18+,19+,20+,21?,22-/m1/s1. The van der Waals surface area contributed by atoms with E-state index in [0.717, 1.165) is 17.2 Å². The highest BCUT2D eigenvalue weighted by molar-refractivity contribution is 5.36. The number of fused-ring (bicyclic) bond motifs is 1. The topological polar surface area (TPSA) is 51.5 Å². The smallest absolute Gasteiger partial charge is 0.172 e. The van der Waals surface area contributed by atoms with Crippen molar-refractivity contribution in [3.05, 3.63) is 60.2 Å². The van der Waals surface area contributed by atoms with Gasteiger partial charge in [-0.05, 0) is 60.9 Å². The highest BCUT2D eigenvalue weighted by Crippen LogP contribution is 2.57. The van der Waals surface area contributed by atoms with Gasteiger partial charge in [0.25, 0.3) is 0 Å². The Hall–Kier alpha value is -2.35. The quantitative estimate of drug-likeness (QED) is 0.777. The molecule has 2 aromatic rings. The van der Waals surface area contributed by atoms with Crippen LogP contribution >= 0.6 is 0 Å². The lowest BCUT2D eigenvalue weighted by Crippen LogP contribution is -2.23. The first-order chi connectivity index (χ1) is 12.8. The largest absolute Gasteiger partial charge is 0.457 e. The van der Waals surface area contributed by atoms with Gasteiger partial charge in [-0.3, -0.25) is 0 Å². The van der Waals surface area contributed by atoms with E-state index >= 15 is 0 Å². The summed E-state index contributed by atoms with van der Waals surface area (Å²) in [5, 5.41) is 9.67. The third-order valence-electron chi connectivity index (χ3n) is 5.99. The molecule has 5 rings (SSSR count). The van der Waals surface area contributed by atoms with Crippen LogP contribution < -0.4 is 4.74 Å². The lowest BCUT2D eigenvalue weighted by Gasteiger charge is -2.21. The number of rotatable bonds is 5. The third-order valence-corrected chi connectivity index (χ3v) is 5.99. The molecule has 1 saturated heterocycles. The predicted molar refractivity (Wildman–Crippen MR) is 95.4 cm³/mol. The van der Waals surface area contributed by atoms with Gasteiger partial charge < -0.3 is 14.2 Å². The normalized spacial score (nSPS) is 32.3. The first kappa shape index (κ1) is 15.9. The summed E-state index contributed by atoms with van der Waals surface area (Å²) in [5.74, 6) is 3.36. The average Bonchev–Trinajstić information content (AvgIpc) is 3.30. The molecular weight excluding hydrogens is 326 g/mol. The zero-order valence-corrected chi connectivity index (χ0v) is 14.5. The number of hydrogen-bond acceptors (Lipinski definition) is 4. The van der Waals surface area contributed by atoms with Gasteiger partial charge in [0.15, 0.2) is 12.4 Å². The van der Waals surface area contributed by atoms with Crippen molar-refractivity contribution in [2.45, 2.75) is 37.8 Å². The van der Waals surface area contributed by atoms with Crippen molar-refractivity contribution in [1.29, 1.82) is 5.26 Å². The van der Waals surface area contributed by atoms with Gasteiger partial charge in [-0.1, -0.05) is 30.3 Å². The van der Waals surface area contributed by atoms with Gasteiger partial charge >= 0.3 is 0 Å². The predicted octanol–water partition coefficient (Wildman–Crippen LogP) is 4.83. The van der Waals surface area contributed by atoms with E-state index in [0.29, 0.717) is 23.7 Å². The number of para-hydroxylation sites is 1. The zero-order chi connectivity index (χ0) is 17.5. The van der Waals surface area contributed by atoms with E-state index in [1.807, 2.05) is 54.6 Å². The van der Waals surface area contributed by atoms with Crippen molar-refractivity contribution in [3.63, 3.8) is 0 Å². The molecule has 1 heterocycles. The second-order valence-electron chi connectivity index (χ2n) is 7.58. The van der Waals surface area contributed by atoms with Crippen molar-refractivity contribution < 1.29 is 14.2 Å². The van der Waals surface area contributed by atoms with Gasteiger partial charge in [0.05, 0.1) is 12.2 Å². The first-order valence-electron chi connectivity index (χ1n) is 9.33. The van der Waals surface area contributed by atoms with Crippen molar-refractivity contribution in [3.8, 4) is 17.6 Å². The summed E-state index contributed by atoms with van der Waals surface area (Å²) in [6, 6.07) is 19.5. The fraction of sp³-hybridized carbons (Fsp3) is 0.409. The Morgan fingerprint density at radius 2 is 1.77 bits per heavy atom. The van der Waals surface area contributed by atoms with Crippen LogP contribution in [0, 0.1) is 29.1 Å². The summed E-state index contributed by atoms with van der Waals surface area (Å²) in [5.41, 5.74) is 0.804. The van der Waals surface area contributed by atoms with Crippen LogP contribution in [-0.4, -0.2) is 12.4 Å². The Morgan fingerprint density at radius 1 is 0.962 bits per heavy atom. The highest BCUT2D eigenvalue weighted by atomic mass is 16.7. The molecule has 0 radical (unpaired) electrons. The van der Waals surface area contributed by atoms with Crippen LogP contribution in [0.1, 0.15) is 30.9 Å². The van der Waals surface area contributed by atoms with Gasteiger partial charge in [0, 0.05) is 5.92 Å². The fourth-order valence-corrected chi connectivity index (χ4v) is 4.90. The molecule has 2 aromatic carbocycles. The molecule has 1 aliphatic heterocycles. The summed E-state index contributed by atoms with van der Waals surface area (Å²) in [7, 11) is 0. The fourth-order valence-electron chi connectivity index (χ4n) is 4.90. The minimum Gasteiger partial charge on any atom is -0.457 e. The van der Waals surface area contributed by atoms with Crippen LogP contribution in [0.2, 0.25) is 0 Å². The summed E-state index contributed by atoms with van der Waals surface area (Å²) in [6.07, 6.45) is 3.07. The molecule has 2 bridgehead atoms. The maximum Gasteiger partial charge on any atom is 0.172 e. The summed E-state index contributed by atoms with van der Waals surface area (Å²) in [6.45, 7) is 0. The molecule has 0 N–H and O–H groups in total. The second kappa shape index (κ2) is 6.42. The van der Waals surface area contributed by atoms with Crippen LogP contribution in [0.15, 0.2) is 54.6 Å². The molecule has 3 fully saturated rings. The number of ether oxygens (including phenoxy) is 3. The Kier molecular flexibility index (Phi) is 3.92. The Morgan fingerprint density at radius 3 is 2.54 bits per heavy atom. The van der Waals surface area contributed by atoms with E-state index in [1.54, 1.807) is 0 Å². The summed E-state index contributed by atoms with van der Waals surface area (Å²) < 4.78 is 18.1. The molecule has 4 heteroatoms. The average molecular weight is 347 g/mol. The van der Waals surface area contributed by atoms with E-state index in [4.69, 9.17) is 14.2 Å². The number of nitrogens with zero attached hydrogens (tertiary/aromatic N) is 1. The van der Waals surface area contributed by atoms with E-state index in [2.05, 4.69) is 6.07 Å². The molecule has 0 spiro atoms. The van der Waals surface area contributed by atoms with Gasteiger partial charge in [-0.15, -0.1) is 0 Å². The number of benzene rings is 2. The second-order valence-corrected chi connectivity index (χ2v) is 7.58.